The van der Waals surface area contributed by atoms with E-state index in [1.54, 1.807) is 25.1 Å². The predicted octanol–water partition coefficient (Wildman–Crippen LogP) is 2.05. The van der Waals surface area contributed by atoms with Crippen molar-refractivity contribution in [3.05, 3.63) is 35.9 Å². The van der Waals surface area contributed by atoms with Crippen molar-refractivity contribution >= 4 is 13.1 Å². The summed E-state index contributed by atoms with van der Waals surface area (Å²) in [5.74, 6) is 0. The second kappa shape index (κ2) is 4.51. The normalized spacial score (nSPS) is 14.7. The molecule has 0 aliphatic carbocycles. The van der Waals surface area contributed by atoms with Crippen LogP contribution in [0.4, 0.5) is 0 Å². The monoisotopic (exact) mass is 214 g/mol. The number of carbonyl (C=O) groups is 1. The molecule has 1 rings (SSSR count). The Morgan fingerprint density at radius 2 is 2.00 bits per heavy atom. The highest BCUT2D eigenvalue weighted by Gasteiger charge is 2.30. The molecule has 0 radical (unpaired) electrons. The lowest BCUT2D eigenvalue weighted by molar-refractivity contribution is 0.102. The molecule has 1 N–H and O–H groups in total. The average Bonchev–Trinajstić information content (AvgIpc) is 2.18. The first-order valence-electron chi connectivity index (χ1n) is 4.15. The highest BCUT2D eigenvalue weighted by molar-refractivity contribution is 7.71. The first-order chi connectivity index (χ1) is 6.58. The quantitative estimate of drug-likeness (QED) is 0.779. The topological polar surface area (TPSA) is 63.6 Å². The summed E-state index contributed by atoms with van der Waals surface area (Å²) in [5, 5.41) is 0. The highest BCUT2D eigenvalue weighted by atomic mass is 31.2. The van der Waals surface area contributed by atoms with Crippen LogP contribution in [0.3, 0.4) is 0 Å². The largest absolute Gasteiger partial charge is 0.399 e. The zero-order chi connectivity index (χ0) is 10.6. The average molecular weight is 214 g/mol. The van der Waals surface area contributed by atoms with E-state index in [2.05, 4.69) is 4.52 Å². The lowest BCUT2D eigenvalue weighted by Crippen LogP contribution is -2.03. The van der Waals surface area contributed by atoms with Gasteiger partial charge < -0.3 is 9.42 Å². The lowest BCUT2D eigenvalue weighted by atomic mass is 10.2. The Bertz CT molecular complexity index is 360. The maximum atomic E-state index is 11.4. The van der Waals surface area contributed by atoms with Crippen molar-refractivity contribution in [3.8, 4) is 0 Å². The molecule has 4 nitrogen and oxygen atoms in total. The third-order valence-electron chi connectivity index (χ3n) is 1.58. The molecular formula is C9H11O4P. The molecule has 0 aromatic heterocycles. The molecule has 1 unspecified atom stereocenters. The summed E-state index contributed by atoms with van der Waals surface area (Å²) in [7, 11) is -4.14. The fraction of sp³-hybridized carbons (Fsp3) is 0.222. The Kier molecular flexibility index (Phi) is 3.58. The molecule has 14 heavy (non-hydrogen) atoms. The van der Waals surface area contributed by atoms with Gasteiger partial charge in [0.25, 0.3) is 5.52 Å². The zero-order valence-corrected chi connectivity index (χ0v) is 8.61. The Morgan fingerprint density at radius 3 is 2.50 bits per heavy atom. The van der Waals surface area contributed by atoms with E-state index in [4.69, 9.17) is 0 Å². The number of carbonyl (C=O) groups excluding carboxylic acids is 1. The molecule has 1 aromatic carbocycles. The van der Waals surface area contributed by atoms with Gasteiger partial charge in [-0.3, -0.25) is 9.36 Å². The molecule has 0 amide bonds. The molecule has 1 aromatic rings. The van der Waals surface area contributed by atoms with Gasteiger partial charge >= 0.3 is 7.60 Å². The van der Waals surface area contributed by atoms with E-state index in [1.807, 2.05) is 0 Å². The minimum absolute atomic E-state index is 0.0341. The van der Waals surface area contributed by atoms with Crippen LogP contribution in [0.5, 0.6) is 0 Å². The number of rotatable bonds is 4. The third kappa shape index (κ3) is 2.51. The van der Waals surface area contributed by atoms with Crippen molar-refractivity contribution in [2.75, 3.05) is 6.61 Å². The van der Waals surface area contributed by atoms with Crippen LogP contribution in [-0.2, 0) is 9.09 Å². The summed E-state index contributed by atoms with van der Waals surface area (Å²) in [6.07, 6.45) is 0. The van der Waals surface area contributed by atoms with Gasteiger partial charge in [-0.2, -0.15) is 0 Å². The summed E-state index contributed by atoms with van der Waals surface area (Å²) in [6.45, 7) is 1.59. The summed E-state index contributed by atoms with van der Waals surface area (Å²) < 4.78 is 15.8. The molecule has 76 valence electrons. The van der Waals surface area contributed by atoms with Crippen LogP contribution < -0.4 is 0 Å². The van der Waals surface area contributed by atoms with Crippen molar-refractivity contribution < 1.29 is 18.8 Å². The Labute approximate surface area is 82.1 Å². The van der Waals surface area contributed by atoms with Crippen LogP contribution in [0, 0.1) is 0 Å². The van der Waals surface area contributed by atoms with E-state index in [1.165, 1.54) is 12.1 Å². The minimum atomic E-state index is -4.14. The molecule has 0 aliphatic rings. The van der Waals surface area contributed by atoms with E-state index in [0.29, 0.717) is 0 Å². The van der Waals surface area contributed by atoms with Gasteiger partial charge in [-0.15, -0.1) is 0 Å². The second-order valence-electron chi connectivity index (χ2n) is 2.61. The van der Waals surface area contributed by atoms with E-state index in [-0.39, 0.29) is 12.2 Å². The molecule has 0 aliphatic heterocycles. The van der Waals surface area contributed by atoms with E-state index < -0.39 is 13.1 Å². The summed E-state index contributed by atoms with van der Waals surface area (Å²) in [5.41, 5.74) is -0.674. The Hall–Kier alpha value is -0.960. The molecule has 1 atom stereocenters. The molecule has 0 bridgehead atoms. The van der Waals surface area contributed by atoms with Gasteiger partial charge in [0.05, 0.1) is 6.61 Å². The van der Waals surface area contributed by atoms with Crippen molar-refractivity contribution in [3.63, 3.8) is 0 Å². The van der Waals surface area contributed by atoms with E-state index in [0.717, 1.165) is 0 Å². The molecule has 0 fully saturated rings. The molecule has 0 heterocycles. The second-order valence-corrected chi connectivity index (χ2v) is 4.31. The van der Waals surface area contributed by atoms with Gasteiger partial charge in [0.2, 0.25) is 0 Å². The van der Waals surface area contributed by atoms with Crippen LogP contribution in [0.2, 0.25) is 0 Å². The van der Waals surface area contributed by atoms with Crippen molar-refractivity contribution in [1.82, 2.24) is 0 Å². The summed E-state index contributed by atoms with van der Waals surface area (Å²) >= 11 is 0. The smallest absolute Gasteiger partial charge is 0.319 e. The van der Waals surface area contributed by atoms with Crippen LogP contribution in [0.1, 0.15) is 17.3 Å². The van der Waals surface area contributed by atoms with Gasteiger partial charge in [0.1, 0.15) is 0 Å². The van der Waals surface area contributed by atoms with Crippen molar-refractivity contribution in [2.45, 2.75) is 6.92 Å². The number of benzene rings is 1. The maximum absolute atomic E-state index is 11.4. The Balaban J connectivity index is 2.91. The van der Waals surface area contributed by atoms with Gasteiger partial charge in [0, 0.05) is 5.56 Å². The van der Waals surface area contributed by atoms with Crippen LogP contribution in [-0.4, -0.2) is 17.0 Å². The third-order valence-corrected chi connectivity index (χ3v) is 2.96. The van der Waals surface area contributed by atoms with E-state index in [9.17, 15) is 14.3 Å². The van der Waals surface area contributed by atoms with Crippen molar-refractivity contribution in [1.29, 1.82) is 0 Å². The zero-order valence-electron chi connectivity index (χ0n) is 7.71. The van der Waals surface area contributed by atoms with Crippen LogP contribution >= 0.6 is 7.60 Å². The summed E-state index contributed by atoms with van der Waals surface area (Å²) in [4.78, 5) is 20.6. The minimum Gasteiger partial charge on any atom is -0.319 e. The molecule has 5 heteroatoms. The summed E-state index contributed by atoms with van der Waals surface area (Å²) in [6, 6.07) is 7.92. The van der Waals surface area contributed by atoms with Gasteiger partial charge in [-0.25, -0.2) is 0 Å². The molecule has 0 saturated carbocycles. The van der Waals surface area contributed by atoms with E-state index >= 15 is 0 Å². The molecule has 0 spiro atoms. The first kappa shape index (κ1) is 11.1. The fourth-order valence-electron chi connectivity index (χ4n) is 0.977. The number of hydrogen-bond donors (Lipinski definition) is 1. The lowest BCUT2D eigenvalue weighted by Gasteiger charge is -2.08. The van der Waals surface area contributed by atoms with Crippen molar-refractivity contribution in [2.24, 2.45) is 0 Å². The Morgan fingerprint density at radius 1 is 1.43 bits per heavy atom. The highest BCUT2D eigenvalue weighted by Crippen LogP contribution is 2.45. The SMILES string of the molecule is CCOP(=O)(O)C(=O)c1ccccc1. The van der Waals surface area contributed by atoms with Crippen LogP contribution in [0.25, 0.3) is 0 Å². The maximum Gasteiger partial charge on any atom is 0.399 e. The fourth-order valence-corrected chi connectivity index (χ4v) is 1.92. The van der Waals surface area contributed by atoms with Gasteiger partial charge in [-0.1, -0.05) is 30.3 Å². The first-order valence-corrected chi connectivity index (χ1v) is 5.73. The molecular weight excluding hydrogens is 203 g/mol. The van der Waals surface area contributed by atoms with Crippen LogP contribution in [0.15, 0.2) is 30.3 Å². The number of hydrogen-bond acceptors (Lipinski definition) is 3. The predicted molar refractivity (Wildman–Crippen MR) is 52.2 cm³/mol. The molecule has 0 saturated heterocycles. The van der Waals surface area contributed by atoms with Gasteiger partial charge in [-0.05, 0) is 6.92 Å². The van der Waals surface area contributed by atoms with Gasteiger partial charge in [0.15, 0.2) is 0 Å². The standard InChI is InChI=1S/C9H11O4P/c1-2-13-14(11,12)9(10)8-6-4-3-5-7-8/h3-7H,2H2,1H3,(H,11,12).